The number of nitrogens with one attached hydrogen (secondary N) is 1. The molecule has 1 N–H and O–H groups in total. The molecule has 0 aromatic heterocycles. The van der Waals surface area contributed by atoms with Gasteiger partial charge in [-0.2, -0.15) is 0 Å². The van der Waals surface area contributed by atoms with Gasteiger partial charge in [-0.1, -0.05) is 23.8 Å². The van der Waals surface area contributed by atoms with Crippen LogP contribution >= 0.6 is 0 Å². The van der Waals surface area contributed by atoms with Crippen molar-refractivity contribution in [2.45, 2.75) is 32.6 Å². The van der Waals surface area contributed by atoms with Crippen molar-refractivity contribution in [1.82, 2.24) is 5.32 Å². The number of aryl methyl sites for hydroxylation is 2. The molecule has 0 saturated carbocycles. The molecule has 1 amide bonds. The number of carbonyl (C=O) groups is 1. The van der Waals surface area contributed by atoms with Gasteiger partial charge in [-0.15, -0.1) is 0 Å². The average molecular weight is 397 g/mol. The van der Waals surface area contributed by atoms with Gasteiger partial charge >= 0.3 is 0 Å². The van der Waals surface area contributed by atoms with Crippen LogP contribution in [0.1, 0.15) is 30.4 Å². The molecule has 0 spiro atoms. The minimum atomic E-state index is 0.123. The minimum Gasteiger partial charge on any atom is -0.493 e. The lowest BCUT2D eigenvalue weighted by molar-refractivity contribution is -0.125. The highest BCUT2D eigenvalue weighted by molar-refractivity contribution is 5.79. The molecule has 1 aliphatic rings. The van der Waals surface area contributed by atoms with Crippen molar-refractivity contribution in [3.05, 3.63) is 53.6 Å². The molecule has 1 saturated heterocycles. The van der Waals surface area contributed by atoms with Crippen LogP contribution in [0.2, 0.25) is 0 Å². The van der Waals surface area contributed by atoms with Crippen LogP contribution in [0.5, 0.6) is 11.5 Å². The molecule has 2 aromatic carbocycles. The standard InChI is InChI=1S/C24H32N2O3/c1-18-6-9-21(10-7-18)26-15-12-20(13-16-26)24(27)25-14-4-5-19-8-11-22(28-2)23(17-19)29-3/h6-11,17,20H,4-5,12-16H2,1-3H3,(H,25,27). The Kier molecular flexibility index (Phi) is 7.39. The predicted molar refractivity (Wildman–Crippen MR) is 117 cm³/mol. The molecule has 0 radical (unpaired) electrons. The van der Waals surface area contributed by atoms with Crippen molar-refractivity contribution >= 4 is 11.6 Å². The summed E-state index contributed by atoms with van der Waals surface area (Å²) < 4.78 is 10.6. The van der Waals surface area contributed by atoms with E-state index in [0.29, 0.717) is 6.54 Å². The molecular formula is C24H32N2O3. The second kappa shape index (κ2) is 10.2. The molecule has 5 nitrogen and oxygen atoms in total. The lowest BCUT2D eigenvalue weighted by Crippen LogP contribution is -2.40. The second-order valence-corrected chi connectivity index (χ2v) is 7.68. The van der Waals surface area contributed by atoms with Gasteiger partial charge in [-0.05, 0) is 62.4 Å². The Morgan fingerprint density at radius 1 is 1.03 bits per heavy atom. The largest absolute Gasteiger partial charge is 0.493 e. The van der Waals surface area contributed by atoms with Gasteiger partial charge in [0, 0.05) is 31.2 Å². The van der Waals surface area contributed by atoms with Gasteiger partial charge in [0.05, 0.1) is 14.2 Å². The number of hydrogen-bond acceptors (Lipinski definition) is 4. The van der Waals surface area contributed by atoms with Crippen molar-refractivity contribution in [3.63, 3.8) is 0 Å². The maximum absolute atomic E-state index is 12.5. The zero-order valence-corrected chi connectivity index (χ0v) is 17.7. The van der Waals surface area contributed by atoms with Crippen LogP contribution in [0.15, 0.2) is 42.5 Å². The summed E-state index contributed by atoms with van der Waals surface area (Å²) in [5, 5.41) is 3.12. The third-order valence-corrected chi connectivity index (χ3v) is 5.65. The van der Waals surface area contributed by atoms with Crippen LogP contribution in [0.3, 0.4) is 0 Å². The summed E-state index contributed by atoms with van der Waals surface area (Å²) in [5.41, 5.74) is 3.71. The van der Waals surface area contributed by atoms with Crippen LogP contribution in [0.4, 0.5) is 5.69 Å². The van der Waals surface area contributed by atoms with E-state index < -0.39 is 0 Å². The van der Waals surface area contributed by atoms with Crippen molar-refractivity contribution in [3.8, 4) is 11.5 Å². The molecule has 1 fully saturated rings. The van der Waals surface area contributed by atoms with E-state index in [0.717, 1.165) is 50.3 Å². The van der Waals surface area contributed by atoms with E-state index in [1.807, 2.05) is 18.2 Å². The molecule has 1 aliphatic heterocycles. The quantitative estimate of drug-likeness (QED) is 0.686. The molecular weight excluding hydrogens is 364 g/mol. The number of carbonyl (C=O) groups excluding carboxylic acids is 1. The Morgan fingerprint density at radius 2 is 1.72 bits per heavy atom. The molecule has 0 atom stereocenters. The Bertz CT molecular complexity index is 796. The summed E-state index contributed by atoms with van der Waals surface area (Å²) in [6.07, 6.45) is 3.63. The first-order valence-electron chi connectivity index (χ1n) is 10.4. The summed E-state index contributed by atoms with van der Waals surface area (Å²) in [6.45, 7) is 4.68. The van der Waals surface area contributed by atoms with Crippen molar-refractivity contribution < 1.29 is 14.3 Å². The first-order valence-corrected chi connectivity index (χ1v) is 10.4. The van der Waals surface area contributed by atoms with Gasteiger partial charge in [0.15, 0.2) is 11.5 Å². The zero-order valence-electron chi connectivity index (χ0n) is 17.7. The lowest BCUT2D eigenvalue weighted by Gasteiger charge is -2.33. The first kappa shape index (κ1) is 21.0. The average Bonchev–Trinajstić information content (AvgIpc) is 2.77. The highest BCUT2D eigenvalue weighted by Gasteiger charge is 2.24. The summed E-state index contributed by atoms with van der Waals surface area (Å²) in [7, 11) is 3.28. The molecule has 0 unspecified atom stereocenters. The summed E-state index contributed by atoms with van der Waals surface area (Å²) in [6, 6.07) is 14.6. The zero-order chi connectivity index (χ0) is 20.6. The predicted octanol–water partition coefficient (Wildman–Crippen LogP) is 3.98. The fraction of sp³-hybridized carbons (Fsp3) is 0.458. The Labute approximate surface area is 174 Å². The maximum Gasteiger partial charge on any atom is 0.223 e. The molecule has 3 rings (SSSR count). The third-order valence-electron chi connectivity index (χ3n) is 5.65. The van der Waals surface area contributed by atoms with Crippen molar-refractivity contribution in [2.24, 2.45) is 5.92 Å². The normalized spacial score (nSPS) is 14.5. The number of nitrogens with zero attached hydrogens (tertiary/aromatic N) is 1. The van der Waals surface area contributed by atoms with E-state index in [9.17, 15) is 4.79 Å². The van der Waals surface area contributed by atoms with E-state index >= 15 is 0 Å². The molecule has 29 heavy (non-hydrogen) atoms. The van der Waals surface area contributed by atoms with Gasteiger partial charge < -0.3 is 19.7 Å². The number of ether oxygens (including phenoxy) is 2. The highest BCUT2D eigenvalue weighted by Crippen LogP contribution is 2.28. The van der Waals surface area contributed by atoms with E-state index in [-0.39, 0.29) is 11.8 Å². The van der Waals surface area contributed by atoms with E-state index in [2.05, 4.69) is 41.4 Å². The Balaban J connectivity index is 1.39. The van der Waals surface area contributed by atoms with Crippen molar-refractivity contribution in [1.29, 1.82) is 0 Å². The Hall–Kier alpha value is -2.69. The van der Waals surface area contributed by atoms with Crippen LogP contribution in [0, 0.1) is 12.8 Å². The number of benzene rings is 2. The van der Waals surface area contributed by atoms with Crippen molar-refractivity contribution in [2.75, 3.05) is 38.8 Å². The summed E-state index contributed by atoms with van der Waals surface area (Å²) in [4.78, 5) is 14.9. The molecule has 1 heterocycles. The third kappa shape index (κ3) is 5.66. The maximum atomic E-state index is 12.5. The van der Waals surface area contributed by atoms with Crippen LogP contribution in [-0.2, 0) is 11.2 Å². The molecule has 5 heteroatoms. The number of hydrogen-bond donors (Lipinski definition) is 1. The minimum absolute atomic E-state index is 0.123. The smallest absolute Gasteiger partial charge is 0.223 e. The van der Waals surface area contributed by atoms with Crippen LogP contribution in [0.25, 0.3) is 0 Å². The number of anilines is 1. The van der Waals surface area contributed by atoms with Gasteiger partial charge in [-0.25, -0.2) is 0 Å². The fourth-order valence-corrected chi connectivity index (χ4v) is 3.84. The van der Waals surface area contributed by atoms with Crippen LogP contribution in [-0.4, -0.2) is 39.8 Å². The summed E-state index contributed by atoms with van der Waals surface area (Å²) in [5.74, 6) is 1.80. The lowest BCUT2D eigenvalue weighted by atomic mass is 9.95. The van der Waals surface area contributed by atoms with Gasteiger partial charge in [0.1, 0.15) is 0 Å². The van der Waals surface area contributed by atoms with Gasteiger partial charge in [0.25, 0.3) is 0 Å². The fourth-order valence-electron chi connectivity index (χ4n) is 3.84. The second-order valence-electron chi connectivity index (χ2n) is 7.68. The molecule has 0 bridgehead atoms. The Morgan fingerprint density at radius 3 is 2.38 bits per heavy atom. The topological polar surface area (TPSA) is 50.8 Å². The van der Waals surface area contributed by atoms with Gasteiger partial charge in [-0.3, -0.25) is 4.79 Å². The molecule has 156 valence electrons. The molecule has 0 aliphatic carbocycles. The van der Waals surface area contributed by atoms with E-state index in [1.54, 1.807) is 14.2 Å². The summed E-state index contributed by atoms with van der Waals surface area (Å²) >= 11 is 0. The van der Waals surface area contributed by atoms with E-state index in [1.165, 1.54) is 16.8 Å². The number of rotatable bonds is 8. The SMILES string of the molecule is COc1ccc(CCCNC(=O)C2CCN(c3ccc(C)cc3)CC2)cc1OC. The van der Waals surface area contributed by atoms with Gasteiger partial charge in [0.2, 0.25) is 5.91 Å². The number of piperidine rings is 1. The number of methoxy groups -OCH3 is 2. The van der Waals surface area contributed by atoms with E-state index in [4.69, 9.17) is 9.47 Å². The first-order chi connectivity index (χ1) is 14.1. The molecule has 2 aromatic rings. The monoisotopic (exact) mass is 396 g/mol. The number of amides is 1. The van der Waals surface area contributed by atoms with Crippen LogP contribution < -0.4 is 19.7 Å². The highest BCUT2D eigenvalue weighted by atomic mass is 16.5.